The smallest absolute Gasteiger partial charge is 0.181 e. The molecule has 0 atom stereocenters. The van der Waals surface area contributed by atoms with Gasteiger partial charge in [0.25, 0.3) is 0 Å². The number of H-pyrrole nitrogens is 2. The first-order valence-electron chi connectivity index (χ1n) is 10.0. The Labute approximate surface area is 173 Å². The molecule has 0 saturated heterocycles. The molecule has 0 saturated carbocycles. The highest BCUT2D eigenvalue weighted by Gasteiger charge is 2.14. The number of fused-ring (bicyclic) bond motifs is 2. The first-order valence-corrected chi connectivity index (χ1v) is 10.0. The van der Waals surface area contributed by atoms with Gasteiger partial charge in [-0.2, -0.15) is 5.10 Å². The van der Waals surface area contributed by atoms with Gasteiger partial charge in [0.15, 0.2) is 17.1 Å². The fourth-order valence-electron chi connectivity index (χ4n) is 3.40. The molecule has 0 bridgehead atoms. The third kappa shape index (κ3) is 3.47. The molecule has 5 aromatic heterocycles. The van der Waals surface area contributed by atoms with Crippen LogP contribution in [-0.2, 0) is 0 Å². The molecule has 0 aliphatic rings. The van der Waals surface area contributed by atoms with Gasteiger partial charge in [-0.3, -0.25) is 10.1 Å². The molecule has 30 heavy (non-hydrogen) atoms. The Kier molecular flexibility index (Phi) is 4.59. The molecule has 5 heterocycles. The van der Waals surface area contributed by atoms with Crippen molar-refractivity contribution in [2.24, 2.45) is 5.92 Å². The van der Waals surface area contributed by atoms with Gasteiger partial charge in [0.05, 0.1) is 16.6 Å². The summed E-state index contributed by atoms with van der Waals surface area (Å²) in [5.41, 5.74) is 5.95. The maximum atomic E-state index is 4.58. The summed E-state index contributed by atoms with van der Waals surface area (Å²) in [6.45, 7) is 5.36. The van der Waals surface area contributed by atoms with E-state index in [1.165, 1.54) is 0 Å². The van der Waals surface area contributed by atoms with Crippen LogP contribution in [0.2, 0.25) is 0 Å². The van der Waals surface area contributed by atoms with E-state index in [2.05, 4.69) is 66.4 Å². The van der Waals surface area contributed by atoms with Crippen LogP contribution in [0.4, 0.5) is 5.69 Å². The van der Waals surface area contributed by atoms with Crippen LogP contribution >= 0.6 is 0 Å². The SMILES string of the molecule is CC(C)CCNc1cncc(-c2cnc3n[nH]c(-c4nc5ncccc5[nH]4)c3c2)c1. The first kappa shape index (κ1) is 18.2. The average molecular weight is 398 g/mol. The molecular weight excluding hydrogens is 376 g/mol. The number of pyridine rings is 3. The van der Waals surface area contributed by atoms with E-state index < -0.39 is 0 Å². The maximum absolute atomic E-state index is 4.58. The van der Waals surface area contributed by atoms with Crippen molar-refractivity contribution < 1.29 is 0 Å². The summed E-state index contributed by atoms with van der Waals surface area (Å²) in [4.78, 5) is 21.1. The molecule has 150 valence electrons. The van der Waals surface area contributed by atoms with E-state index in [4.69, 9.17) is 0 Å². The lowest BCUT2D eigenvalue weighted by molar-refractivity contribution is 0.607. The van der Waals surface area contributed by atoms with E-state index in [1.54, 1.807) is 6.20 Å². The Hall–Kier alpha value is -3.81. The van der Waals surface area contributed by atoms with Crippen molar-refractivity contribution in [2.75, 3.05) is 11.9 Å². The van der Waals surface area contributed by atoms with Crippen molar-refractivity contribution >= 4 is 27.9 Å². The van der Waals surface area contributed by atoms with E-state index in [9.17, 15) is 0 Å². The summed E-state index contributed by atoms with van der Waals surface area (Å²) in [6.07, 6.45) is 8.36. The normalized spacial score (nSPS) is 11.6. The van der Waals surface area contributed by atoms with Crippen LogP contribution in [0.5, 0.6) is 0 Å². The Morgan fingerprint density at radius 1 is 1.03 bits per heavy atom. The third-order valence-electron chi connectivity index (χ3n) is 5.03. The first-order chi connectivity index (χ1) is 14.7. The van der Waals surface area contributed by atoms with Crippen LogP contribution in [0.3, 0.4) is 0 Å². The van der Waals surface area contributed by atoms with E-state index in [0.717, 1.165) is 46.4 Å². The van der Waals surface area contributed by atoms with Crippen LogP contribution < -0.4 is 5.32 Å². The molecule has 8 nitrogen and oxygen atoms in total. The van der Waals surface area contributed by atoms with E-state index >= 15 is 0 Å². The Morgan fingerprint density at radius 3 is 2.80 bits per heavy atom. The monoisotopic (exact) mass is 398 g/mol. The van der Waals surface area contributed by atoms with Gasteiger partial charge < -0.3 is 10.3 Å². The van der Waals surface area contributed by atoms with Gasteiger partial charge in [-0.15, -0.1) is 0 Å². The van der Waals surface area contributed by atoms with Gasteiger partial charge in [-0.05, 0) is 36.6 Å². The predicted octanol–water partition coefficient (Wildman–Crippen LogP) is 4.42. The van der Waals surface area contributed by atoms with Gasteiger partial charge in [0.1, 0.15) is 5.69 Å². The van der Waals surface area contributed by atoms with Crippen LogP contribution in [0.25, 0.3) is 44.8 Å². The highest BCUT2D eigenvalue weighted by molar-refractivity contribution is 5.93. The number of aromatic amines is 2. The predicted molar refractivity (Wildman–Crippen MR) is 118 cm³/mol. The van der Waals surface area contributed by atoms with Crippen LogP contribution in [-0.4, -0.2) is 41.7 Å². The quantitative estimate of drug-likeness (QED) is 0.391. The van der Waals surface area contributed by atoms with E-state index in [0.29, 0.717) is 23.0 Å². The van der Waals surface area contributed by atoms with Crippen molar-refractivity contribution in [3.05, 3.63) is 49.1 Å². The van der Waals surface area contributed by atoms with Crippen LogP contribution in [0, 0.1) is 5.92 Å². The van der Waals surface area contributed by atoms with Crippen molar-refractivity contribution in [3.63, 3.8) is 0 Å². The van der Waals surface area contributed by atoms with Gasteiger partial charge in [0.2, 0.25) is 0 Å². The number of imidazole rings is 1. The van der Waals surface area contributed by atoms with Gasteiger partial charge in [0, 0.05) is 42.5 Å². The summed E-state index contributed by atoms with van der Waals surface area (Å²) < 4.78 is 0. The minimum atomic E-state index is 0.640. The van der Waals surface area contributed by atoms with Gasteiger partial charge in [-0.25, -0.2) is 15.0 Å². The molecule has 0 fully saturated rings. The van der Waals surface area contributed by atoms with Crippen molar-refractivity contribution in [3.8, 4) is 22.6 Å². The number of aromatic nitrogens is 7. The van der Waals surface area contributed by atoms with Crippen molar-refractivity contribution in [2.45, 2.75) is 20.3 Å². The number of nitrogens with zero attached hydrogens (tertiary/aromatic N) is 5. The third-order valence-corrected chi connectivity index (χ3v) is 5.03. The molecule has 0 spiro atoms. The Morgan fingerprint density at radius 2 is 1.93 bits per heavy atom. The van der Waals surface area contributed by atoms with Gasteiger partial charge in [-0.1, -0.05) is 13.8 Å². The molecule has 5 rings (SSSR count). The zero-order valence-corrected chi connectivity index (χ0v) is 16.8. The number of hydrogen-bond donors (Lipinski definition) is 3. The highest BCUT2D eigenvalue weighted by Crippen LogP contribution is 2.29. The Balaban J connectivity index is 1.50. The molecule has 0 amide bonds. The molecular formula is C22H22N8. The second kappa shape index (κ2) is 7.55. The average Bonchev–Trinajstić information content (AvgIpc) is 3.37. The van der Waals surface area contributed by atoms with Crippen LogP contribution in [0.15, 0.2) is 49.1 Å². The zero-order valence-electron chi connectivity index (χ0n) is 16.8. The molecule has 0 aliphatic carbocycles. The maximum Gasteiger partial charge on any atom is 0.181 e. The number of hydrogen-bond acceptors (Lipinski definition) is 6. The van der Waals surface area contributed by atoms with Crippen molar-refractivity contribution in [1.82, 2.24) is 35.1 Å². The highest BCUT2D eigenvalue weighted by atomic mass is 15.2. The largest absolute Gasteiger partial charge is 0.384 e. The molecule has 8 heteroatoms. The zero-order chi connectivity index (χ0) is 20.5. The summed E-state index contributed by atoms with van der Waals surface area (Å²) in [5.74, 6) is 1.35. The van der Waals surface area contributed by atoms with Crippen LogP contribution in [0.1, 0.15) is 20.3 Å². The fraction of sp³-hybridized carbons (Fsp3) is 0.227. The summed E-state index contributed by atoms with van der Waals surface area (Å²) in [5, 5.41) is 11.7. The summed E-state index contributed by atoms with van der Waals surface area (Å²) >= 11 is 0. The second-order valence-electron chi connectivity index (χ2n) is 7.73. The van der Waals surface area contributed by atoms with E-state index in [1.807, 2.05) is 30.7 Å². The molecule has 0 aromatic carbocycles. The van der Waals surface area contributed by atoms with E-state index in [-0.39, 0.29) is 0 Å². The lowest BCUT2D eigenvalue weighted by Crippen LogP contribution is -2.05. The minimum absolute atomic E-state index is 0.640. The number of nitrogens with one attached hydrogen (secondary N) is 3. The molecule has 0 radical (unpaired) electrons. The molecule has 3 N–H and O–H groups in total. The summed E-state index contributed by atoms with van der Waals surface area (Å²) in [7, 11) is 0. The standard InChI is InChI=1S/C22H22N8/c1-13(2)5-7-24-16-8-14(10-23-12-16)15-9-17-19(29-30-20(17)26-11-15)22-27-18-4-3-6-25-21(18)28-22/h3-4,6,8-13,24H,5,7H2,1-2H3,(H,25,27,28)(H,26,29,30). The molecule has 0 aliphatic heterocycles. The number of rotatable bonds is 6. The lowest BCUT2D eigenvalue weighted by Gasteiger charge is -2.09. The summed E-state index contributed by atoms with van der Waals surface area (Å²) in [6, 6.07) is 7.99. The Bertz CT molecular complexity index is 1280. The fourth-order valence-corrected chi connectivity index (χ4v) is 3.40. The minimum Gasteiger partial charge on any atom is -0.384 e. The lowest BCUT2D eigenvalue weighted by atomic mass is 10.1. The molecule has 5 aromatic rings. The van der Waals surface area contributed by atoms with Gasteiger partial charge >= 0.3 is 0 Å². The topological polar surface area (TPSA) is 108 Å². The number of anilines is 1. The van der Waals surface area contributed by atoms with Crippen molar-refractivity contribution in [1.29, 1.82) is 0 Å². The molecule has 0 unspecified atom stereocenters. The second-order valence-corrected chi connectivity index (χ2v) is 7.73.